The zero-order chi connectivity index (χ0) is 11.4. The van der Waals surface area contributed by atoms with Gasteiger partial charge in [-0.1, -0.05) is 12.8 Å². The Kier molecular flexibility index (Phi) is 3.99. The zero-order valence-electron chi connectivity index (χ0n) is 9.75. The summed E-state index contributed by atoms with van der Waals surface area (Å²) in [6, 6.07) is 1.95. The van der Waals surface area contributed by atoms with E-state index in [1.165, 1.54) is 25.7 Å². The quantitative estimate of drug-likeness (QED) is 0.744. The molecule has 1 aliphatic heterocycles. The largest absolute Gasteiger partial charge is 0.341 e. The standard InChI is InChI=1S/C12H18ClN3/c1-10-8-11(9-13)15-12(14-10)16-6-4-2-3-5-7-16/h8H,2-7,9H2,1H3. The fraction of sp³-hybridized carbons (Fsp3) is 0.667. The van der Waals surface area contributed by atoms with Gasteiger partial charge in [-0.25, -0.2) is 9.97 Å². The van der Waals surface area contributed by atoms with E-state index in [0.717, 1.165) is 30.4 Å². The summed E-state index contributed by atoms with van der Waals surface area (Å²) in [4.78, 5) is 11.3. The summed E-state index contributed by atoms with van der Waals surface area (Å²) in [5.41, 5.74) is 1.93. The van der Waals surface area contributed by atoms with Gasteiger partial charge in [0.25, 0.3) is 0 Å². The average molecular weight is 240 g/mol. The molecule has 0 N–H and O–H groups in total. The molecule has 0 unspecified atom stereocenters. The second-order valence-corrected chi connectivity index (χ2v) is 4.60. The first-order chi connectivity index (χ1) is 7.79. The van der Waals surface area contributed by atoms with Crippen molar-refractivity contribution in [1.82, 2.24) is 9.97 Å². The third kappa shape index (κ3) is 2.85. The lowest BCUT2D eigenvalue weighted by molar-refractivity contribution is 0.726. The van der Waals surface area contributed by atoms with Gasteiger partial charge in [-0.2, -0.15) is 0 Å². The third-order valence-electron chi connectivity index (χ3n) is 2.92. The van der Waals surface area contributed by atoms with Gasteiger partial charge in [-0.05, 0) is 25.8 Å². The molecule has 1 saturated heterocycles. The first-order valence-corrected chi connectivity index (χ1v) is 6.48. The number of anilines is 1. The summed E-state index contributed by atoms with van der Waals surface area (Å²) in [5.74, 6) is 1.32. The summed E-state index contributed by atoms with van der Waals surface area (Å²) < 4.78 is 0. The lowest BCUT2D eigenvalue weighted by Gasteiger charge is -2.20. The summed E-state index contributed by atoms with van der Waals surface area (Å²) in [7, 11) is 0. The summed E-state index contributed by atoms with van der Waals surface area (Å²) in [5, 5.41) is 0. The minimum atomic E-state index is 0.463. The highest BCUT2D eigenvalue weighted by Gasteiger charge is 2.13. The van der Waals surface area contributed by atoms with Crippen LogP contribution in [0, 0.1) is 6.92 Å². The van der Waals surface area contributed by atoms with Crippen LogP contribution in [0.1, 0.15) is 37.1 Å². The molecule has 0 aromatic carbocycles. The number of hydrogen-bond acceptors (Lipinski definition) is 3. The molecule has 2 rings (SSSR count). The molecule has 4 heteroatoms. The molecule has 1 aromatic rings. The van der Waals surface area contributed by atoms with Crippen LogP contribution < -0.4 is 4.90 Å². The van der Waals surface area contributed by atoms with Crippen molar-refractivity contribution < 1.29 is 0 Å². The predicted octanol–water partition coefficient (Wildman–Crippen LogP) is 2.90. The Morgan fingerprint density at radius 2 is 1.88 bits per heavy atom. The fourth-order valence-corrected chi connectivity index (χ4v) is 2.23. The van der Waals surface area contributed by atoms with E-state index in [1.807, 2.05) is 13.0 Å². The van der Waals surface area contributed by atoms with Gasteiger partial charge >= 0.3 is 0 Å². The van der Waals surface area contributed by atoms with E-state index < -0.39 is 0 Å². The van der Waals surface area contributed by atoms with Crippen molar-refractivity contribution in [3.05, 3.63) is 17.5 Å². The van der Waals surface area contributed by atoms with E-state index in [-0.39, 0.29) is 0 Å². The van der Waals surface area contributed by atoms with Crippen molar-refractivity contribution in [2.24, 2.45) is 0 Å². The summed E-state index contributed by atoms with van der Waals surface area (Å²) >= 11 is 5.83. The van der Waals surface area contributed by atoms with Gasteiger partial charge in [0.05, 0.1) is 11.6 Å². The molecule has 0 spiro atoms. The maximum absolute atomic E-state index is 5.83. The highest BCUT2D eigenvalue weighted by molar-refractivity contribution is 6.16. The summed E-state index contributed by atoms with van der Waals surface area (Å²) in [6.07, 6.45) is 5.14. The minimum absolute atomic E-state index is 0.463. The van der Waals surface area contributed by atoms with Gasteiger partial charge in [0.15, 0.2) is 0 Å². The second-order valence-electron chi connectivity index (χ2n) is 4.34. The second kappa shape index (κ2) is 5.48. The lowest BCUT2D eigenvalue weighted by atomic mass is 10.2. The van der Waals surface area contributed by atoms with Gasteiger partial charge in [-0.15, -0.1) is 11.6 Å². The highest BCUT2D eigenvalue weighted by atomic mass is 35.5. The normalized spacial score (nSPS) is 17.2. The molecule has 2 heterocycles. The van der Waals surface area contributed by atoms with Crippen LogP contribution in [0.25, 0.3) is 0 Å². The number of rotatable bonds is 2. The van der Waals surface area contributed by atoms with E-state index in [1.54, 1.807) is 0 Å². The van der Waals surface area contributed by atoms with Crippen molar-refractivity contribution >= 4 is 17.5 Å². The van der Waals surface area contributed by atoms with E-state index in [0.29, 0.717) is 5.88 Å². The molecule has 0 amide bonds. The van der Waals surface area contributed by atoms with E-state index >= 15 is 0 Å². The molecule has 1 aromatic heterocycles. The van der Waals surface area contributed by atoms with Crippen molar-refractivity contribution in [2.75, 3.05) is 18.0 Å². The third-order valence-corrected chi connectivity index (χ3v) is 3.20. The molecule has 0 aliphatic carbocycles. The van der Waals surface area contributed by atoms with E-state index in [4.69, 9.17) is 11.6 Å². The SMILES string of the molecule is Cc1cc(CCl)nc(N2CCCCCC2)n1. The number of aromatic nitrogens is 2. The monoisotopic (exact) mass is 239 g/mol. The zero-order valence-corrected chi connectivity index (χ0v) is 10.5. The van der Waals surface area contributed by atoms with E-state index in [2.05, 4.69) is 14.9 Å². The average Bonchev–Trinajstić information content (AvgIpc) is 2.56. The maximum Gasteiger partial charge on any atom is 0.225 e. The number of aryl methyl sites for hydroxylation is 1. The molecule has 88 valence electrons. The van der Waals surface area contributed by atoms with Crippen LogP contribution in [0.4, 0.5) is 5.95 Å². The van der Waals surface area contributed by atoms with Crippen molar-refractivity contribution in [3.8, 4) is 0 Å². The summed E-state index contributed by atoms with van der Waals surface area (Å²) in [6.45, 7) is 4.15. The van der Waals surface area contributed by atoms with Crippen LogP contribution >= 0.6 is 11.6 Å². The Balaban J connectivity index is 2.20. The molecule has 16 heavy (non-hydrogen) atoms. The lowest BCUT2D eigenvalue weighted by Crippen LogP contribution is -2.26. The number of nitrogens with zero attached hydrogens (tertiary/aromatic N) is 3. The van der Waals surface area contributed by atoms with Crippen LogP contribution in [0.5, 0.6) is 0 Å². The highest BCUT2D eigenvalue weighted by Crippen LogP contribution is 2.17. The minimum Gasteiger partial charge on any atom is -0.341 e. The van der Waals surface area contributed by atoms with Crippen molar-refractivity contribution in [3.63, 3.8) is 0 Å². The molecule has 1 fully saturated rings. The first kappa shape index (κ1) is 11.6. The first-order valence-electron chi connectivity index (χ1n) is 5.95. The number of hydrogen-bond donors (Lipinski definition) is 0. The van der Waals surface area contributed by atoms with Crippen LogP contribution in [0.2, 0.25) is 0 Å². The topological polar surface area (TPSA) is 29.0 Å². The Bertz CT molecular complexity index is 346. The molecule has 0 bridgehead atoms. The number of halogens is 1. The molecule has 1 aliphatic rings. The molecule has 0 radical (unpaired) electrons. The van der Waals surface area contributed by atoms with Gasteiger partial charge in [0, 0.05) is 18.8 Å². The van der Waals surface area contributed by atoms with Gasteiger partial charge < -0.3 is 4.90 Å². The van der Waals surface area contributed by atoms with Crippen LogP contribution in [-0.4, -0.2) is 23.1 Å². The Labute approximate surface area is 102 Å². The molecule has 3 nitrogen and oxygen atoms in total. The van der Waals surface area contributed by atoms with Crippen LogP contribution in [-0.2, 0) is 5.88 Å². The van der Waals surface area contributed by atoms with E-state index in [9.17, 15) is 0 Å². The Morgan fingerprint density at radius 1 is 1.19 bits per heavy atom. The predicted molar refractivity (Wildman–Crippen MR) is 67.0 cm³/mol. The van der Waals surface area contributed by atoms with Crippen molar-refractivity contribution in [2.45, 2.75) is 38.5 Å². The molecular weight excluding hydrogens is 222 g/mol. The smallest absolute Gasteiger partial charge is 0.225 e. The molecule has 0 atom stereocenters. The van der Waals surface area contributed by atoms with Crippen LogP contribution in [0.3, 0.4) is 0 Å². The fourth-order valence-electron chi connectivity index (χ4n) is 2.10. The van der Waals surface area contributed by atoms with Gasteiger partial charge in [0.2, 0.25) is 5.95 Å². The van der Waals surface area contributed by atoms with Crippen LogP contribution in [0.15, 0.2) is 6.07 Å². The Hall–Kier alpha value is -0.830. The number of alkyl halides is 1. The molecular formula is C12H18ClN3. The Morgan fingerprint density at radius 3 is 2.50 bits per heavy atom. The maximum atomic E-state index is 5.83. The molecule has 0 saturated carbocycles. The van der Waals surface area contributed by atoms with Gasteiger partial charge in [0.1, 0.15) is 0 Å². The van der Waals surface area contributed by atoms with Crippen molar-refractivity contribution in [1.29, 1.82) is 0 Å². The van der Waals surface area contributed by atoms with Gasteiger partial charge in [-0.3, -0.25) is 0 Å².